The maximum absolute atomic E-state index is 13.1. The molecule has 0 spiro atoms. The molecule has 0 aliphatic carbocycles. The molecule has 0 saturated heterocycles. The Morgan fingerprint density at radius 1 is 0.971 bits per heavy atom. The van der Waals surface area contributed by atoms with Crippen LogP contribution in [0, 0.1) is 0 Å². The molecule has 10 heteroatoms. The zero-order valence-corrected chi connectivity index (χ0v) is 20.7. The first-order chi connectivity index (χ1) is 16.3. The molecule has 0 saturated carbocycles. The third-order valence-corrected chi connectivity index (χ3v) is 6.68. The summed E-state index contributed by atoms with van der Waals surface area (Å²) in [6.07, 6.45) is 4.59. The van der Waals surface area contributed by atoms with Crippen LogP contribution in [-0.2, 0) is 20.1 Å². The molecular formula is C24H31N5O4S. The lowest BCUT2D eigenvalue weighted by atomic mass is 10.2. The van der Waals surface area contributed by atoms with Gasteiger partial charge >= 0.3 is 5.69 Å². The molecule has 0 unspecified atom stereocenters. The molecule has 0 radical (unpaired) electrons. The Morgan fingerprint density at radius 2 is 1.71 bits per heavy atom. The van der Waals surface area contributed by atoms with E-state index in [9.17, 15) is 19.2 Å². The van der Waals surface area contributed by atoms with Crippen LogP contribution in [0.1, 0.15) is 56.3 Å². The van der Waals surface area contributed by atoms with Crippen LogP contribution in [-0.4, -0.2) is 30.2 Å². The van der Waals surface area contributed by atoms with Gasteiger partial charge in [0.1, 0.15) is 11.4 Å². The standard InChI is InChI=1S/C24H31N5O4S/c1-4-6-7-10-14-29-21(31)16-11-8-9-12-17(16)26-23(29)34-15-18(30)19-20(25)28(13-5-2)24(33)27(3)22(19)32/h8-9,11-12H,4-7,10,13-15,25H2,1-3H3. The van der Waals surface area contributed by atoms with Crippen molar-refractivity contribution in [1.82, 2.24) is 18.7 Å². The monoisotopic (exact) mass is 485 g/mol. The summed E-state index contributed by atoms with van der Waals surface area (Å²) in [5.41, 5.74) is 5.01. The van der Waals surface area contributed by atoms with Crippen molar-refractivity contribution in [2.75, 3.05) is 11.5 Å². The Balaban J connectivity index is 1.96. The fraction of sp³-hybridized carbons (Fsp3) is 0.458. The van der Waals surface area contributed by atoms with Gasteiger partial charge in [-0.25, -0.2) is 9.78 Å². The number of aromatic nitrogens is 4. The van der Waals surface area contributed by atoms with Crippen LogP contribution in [0.5, 0.6) is 0 Å². The molecule has 0 bridgehead atoms. The van der Waals surface area contributed by atoms with Gasteiger partial charge in [0.05, 0.1) is 16.7 Å². The number of rotatable bonds is 11. The normalized spacial score (nSPS) is 11.3. The predicted octanol–water partition coefficient (Wildman–Crippen LogP) is 2.80. The molecule has 0 atom stereocenters. The zero-order chi connectivity index (χ0) is 24.8. The highest BCUT2D eigenvalue weighted by atomic mass is 32.2. The van der Waals surface area contributed by atoms with Crippen molar-refractivity contribution in [2.24, 2.45) is 7.05 Å². The molecule has 34 heavy (non-hydrogen) atoms. The third-order valence-electron chi connectivity index (χ3n) is 5.70. The number of benzene rings is 1. The van der Waals surface area contributed by atoms with E-state index in [1.807, 2.05) is 6.92 Å². The number of para-hydroxylation sites is 1. The summed E-state index contributed by atoms with van der Waals surface area (Å²) in [7, 11) is 1.33. The van der Waals surface area contributed by atoms with Gasteiger partial charge in [0.2, 0.25) is 0 Å². The molecule has 2 N–H and O–H groups in total. The van der Waals surface area contributed by atoms with Gasteiger partial charge in [-0.1, -0.05) is 57.0 Å². The number of nitrogens with two attached hydrogens (primary N) is 1. The Kier molecular flexibility index (Phi) is 8.49. The minimum absolute atomic E-state index is 0.121. The lowest BCUT2D eigenvalue weighted by molar-refractivity contribution is 0.102. The number of thioether (sulfide) groups is 1. The molecule has 3 rings (SSSR count). The van der Waals surface area contributed by atoms with Crippen molar-refractivity contribution in [3.8, 4) is 0 Å². The molecule has 3 aromatic rings. The number of carbonyl (C=O) groups is 1. The van der Waals surface area contributed by atoms with E-state index in [0.717, 1.165) is 42.0 Å². The van der Waals surface area contributed by atoms with Crippen LogP contribution in [0.4, 0.5) is 5.82 Å². The van der Waals surface area contributed by atoms with Gasteiger partial charge in [0, 0.05) is 20.1 Å². The average molecular weight is 486 g/mol. The van der Waals surface area contributed by atoms with Crippen molar-refractivity contribution in [1.29, 1.82) is 0 Å². The van der Waals surface area contributed by atoms with Crippen LogP contribution in [0.15, 0.2) is 43.8 Å². The number of anilines is 1. The van der Waals surface area contributed by atoms with Gasteiger partial charge in [0.25, 0.3) is 11.1 Å². The second-order valence-electron chi connectivity index (χ2n) is 8.20. The van der Waals surface area contributed by atoms with Crippen molar-refractivity contribution in [3.63, 3.8) is 0 Å². The molecule has 2 aromatic heterocycles. The van der Waals surface area contributed by atoms with Gasteiger partial charge in [0.15, 0.2) is 10.9 Å². The Labute approximate surface area is 201 Å². The fourth-order valence-corrected chi connectivity index (χ4v) is 4.74. The number of hydrogen-bond donors (Lipinski definition) is 1. The second kappa shape index (κ2) is 11.3. The summed E-state index contributed by atoms with van der Waals surface area (Å²) in [5.74, 6) is -0.763. The van der Waals surface area contributed by atoms with Gasteiger partial charge in [-0.3, -0.25) is 28.1 Å². The minimum Gasteiger partial charge on any atom is -0.384 e. The quantitative estimate of drug-likeness (QED) is 0.192. The SMILES string of the molecule is CCCCCCn1c(SCC(=O)c2c(N)n(CCC)c(=O)n(C)c2=O)nc2ccccc2c1=O. The van der Waals surface area contributed by atoms with Crippen LogP contribution >= 0.6 is 11.8 Å². The molecule has 9 nitrogen and oxygen atoms in total. The van der Waals surface area contributed by atoms with E-state index >= 15 is 0 Å². The van der Waals surface area contributed by atoms with E-state index in [1.54, 1.807) is 28.8 Å². The first-order valence-corrected chi connectivity index (χ1v) is 12.5. The Bertz CT molecular complexity index is 1370. The molecule has 0 amide bonds. The van der Waals surface area contributed by atoms with Crippen LogP contribution < -0.4 is 22.5 Å². The average Bonchev–Trinajstić information content (AvgIpc) is 2.83. The number of ketones is 1. The summed E-state index contributed by atoms with van der Waals surface area (Å²) >= 11 is 1.10. The van der Waals surface area contributed by atoms with Crippen LogP contribution in [0.25, 0.3) is 10.9 Å². The Hall–Kier alpha value is -3.14. The maximum Gasteiger partial charge on any atom is 0.332 e. The summed E-state index contributed by atoms with van der Waals surface area (Å²) < 4.78 is 3.76. The highest BCUT2D eigenvalue weighted by Crippen LogP contribution is 2.20. The smallest absolute Gasteiger partial charge is 0.332 e. The van der Waals surface area contributed by atoms with E-state index in [-0.39, 0.29) is 22.7 Å². The predicted molar refractivity (Wildman–Crippen MR) is 136 cm³/mol. The first kappa shape index (κ1) is 25.5. The zero-order valence-electron chi connectivity index (χ0n) is 19.9. The van der Waals surface area contributed by atoms with E-state index in [1.165, 1.54) is 11.6 Å². The summed E-state index contributed by atoms with van der Waals surface area (Å²) in [5, 5.41) is 0.948. The Morgan fingerprint density at radius 3 is 2.41 bits per heavy atom. The van der Waals surface area contributed by atoms with Crippen LogP contribution in [0.3, 0.4) is 0 Å². The number of fused-ring (bicyclic) bond motifs is 1. The second-order valence-corrected chi connectivity index (χ2v) is 9.14. The fourth-order valence-electron chi connectivity index (χ4n) is 3.84. The molecule has 0 aliphatic heterocycles. The first-order valence-electron chi connectivity index (χ1n) is 11.6. The number of hydrogen-bond acceptors (Lipinski definition) is 7. The number of nitrogens with zero attached hydrogens (tertiary/aromatic N) is 4. The van der Waals surface area contributed by atoms with Crippen molar-refractivity contribution in [2.45, 2.75) is 64.2 Å². The minimum atomic E-state index is -0.719. The van der Waals surface area contributed by atoms with E-state index in [2.05, 4.69) is 11.9 Å². The van der Waals surface area contributed by atoms with Gasteiger partial charge in [-0.15, -0.1) is 0 Å². The highest BCUT2D eigenvalue weighted by Gasteiger charge is 2.22. The lowest BCUT2D eigenvalue weighted by Gasteiger charge is -2.15. The summed E-state index contributed by atoms with van der Waals surface area (Å²) in [4.78, 5) is 55.9. The van der Waals surface area contributed by atoms with Gasteiger partial charge in [-0.05, 0) is 25.0 Å². The highest BCUT2D eigenvalue weighted by molar-refractivity contribution is 7.99. The summed E-state index contributed by atoms with van der Waals surface area (Å²) in [6, 6.07) is 7.11. The molecule has 182 valence electrons. The van der Waals surface area contributed by atoms with Crippen molar-refractivity contribution in [3.05, 3.63) is 61.0 Å². The summed E-state index contributed by atoms with van der Waals surface area (Å²) in [6.45, 7) is 4.80. The van der Waals surface area contributed by atoms with E-state index in [4.69, 9.17) is 5.73 Å². The van der Waals surface area contributed by atoms with Gasteiger partial charge in [-0.2, -0.15) is 0 Å². The molecular weight excluding hydrogens is 454 g/mol. The number of unbranched alkanes of at least 4 members (excludes halogenated alkanes) is 3. The molecule has 0 fully saturated rings. The largest absolute Gasteiger partial charge is 0.384 e. The van der Waals surface area contributed by atoms with E-state index in [0.29, 0.717) is 35.6 Å². The topological polar surface area (TPSA) is 122 Å². The van der Waals surface area contributed by atoms with Crippen molar-refractivity contribution < 1.29 is 4.79 Å². The molecule has 1 aromatic carbocycles. The third kappa shape index (κ3) is 5.16. The molecule has 0 aliphatic rings. The van der Waals surface area contributed by atoms with Gasteiger partial charge < -0.3 is 5.73 Å². The van der Waals surface area contributed by atoms with E-state index < -0.39 is 17.0 Å². The maximum atomic E-state index is 13.1. The number of carbonyl (C=O) groups excluding carboxylic acids is 1. The number of Topliss-reactive ketones (excluding diaryl/α,β-unsaturated/α-hetero) is 1. The van der Waals surface area contributed by atoms with Crippen LogP contribution in [0.2, 0.25) is 0 Å². The van der Waals surface area contributed by atoms with Crippen molar-refractivity contribution >= 4 is 34.3 Å². The number of nitrogen functional groups attached to an aromatic ring is 1. The molecule has 2 heterocycles. The lowest BCUT2D eigenvalue weighted by Crippen LogP contribution is -2.42.